The molecule has 1 saturated carbocycles. The lowest BCUT2D eigenvalue weighted by molar-refractivity contribution is 0.0943. The number of anilines is 1. The van der Waals surface area contributed by atoms with Gasteiger partial charge >= 0.3 is 0 Å². The molecule has 20 heavy (non-hydrogen) atoms. The minimum Gasteiger partial charge on any atom is -0.382 e. The minimum atomic E-state index is 0.00140. The van der Waals surface area contributed by atoms with Crippen LogP contribution in [0.2, 0.25) is 0 Å². The fraction of sp³-hybridized carbons (Fsp3) is 0.588. The molecule has 2 unspecified atom stereocenters. The first-order chi connectivity index (χ1) is 9.58. The van der Waals surface area contributed by atoms with E-state index in [1.165, 1.54) is 25.7 Å². The van der Waals surface area contributed by atoms with Gasteiger partial charge in [0.05, 0.1) is 0 Å². The first kappa shape index (κ1) is 14.9. The predicted octanol–water partition coefficient (Wildman–Crippen LogP) is 3.82. The highest BCUT2D eigenvalue weighted by Crippen LogP contribution is 2.30. The fourth-order valence-electron chi connectivity index (χ4n) is 2.91. The molecule has 2 N–H and O–H groups in total. The average molecular weight is 274 g/mol. The summed E-state index contributed by atoms with van der Waals surface area (Å²) in [7, 11) is 0. The van der Waals surface area contributed by atoms with E-state index >= 15 is 0 Å². The zero-order valence-electron chi connectivity index (χ0n) is 12.8. The van der Waals surface area contributed by atoms with Crippen LogP contribution < -0.4 is 10.6 Å². The van der Waals surface area contributed by atoms with E-state index in [2.05, 4.69) is 17.6 Å². The van der Waals surface area contributed by atoms with Gasteiger partial charge in [0.15, 0.2) is 0 Å². The Morgan fingerprint density at radius 3 is 2.80 bits per heavy atom. The second kappa shape index (κ2) is 6.78. The summed E-state index contributed by atoms with van der Waals surface area (Å²) in [5.41, 5.74) is 1.79. The Bertz CT molecular complexity index is 456. The molecule has 2 rings (SSSR count). The van der Waals surface area contributed by atoms with Crippen molar-refractivity contribution in [1.82, 2.24) is 5.32 Å². The van der Waals surface area contributed by atoms with E-state index < -0.39 is 0 Å². The second-order valence-electron chi connectivity index (χ2n) is 6.14. The topological polar surface area (TPSA) is 41.1 Å². The third-order valence-corrected chi connectivity index (χ3v) is 4.03. The molecule has 0 bridgehead atoms. The third-order valence-electron chi connectivity index (χ3n) is 4.03. The van der Waals surface area contributed by atoms with Crippen molar-refractivity contribution in [1.29, 1.82) is 0 Å². The summed E-state index contributed by atoms with van der Waals surface area (Å²) >= 11 is 0. The minimum absolute atomic E-state index is 0.00140. The Kier molecular flexibility index (Phi) is 5.05. The molecule has 1 aromatic rings. The summed E-state index contributed by atoms with van der Waals surface area (Å²) < 4.78 is 0. The van der Waals surface area contributed by atoms with E-state index in [1.807, 2.05) is 38.1 Å². The van der Waals surface area contributed by atoms with Gasteiger partial charge in [0.25, 0.3) is 5.91 Å². The van der Waals surface area contributed by atoms with Crippen molar-refractivity contribution in [2.45, 2.75) is 58.5 Å². The molecule has 1 fully saturated rings. The molecule has 0 aromatic heterocycles. The molecule has 0 saturated heterocycles. The van der Waals surface area contributed by atoms with Crippen LogP contribution in [0.15, 0.2) is 24.3 Å². The Balaban J connectivity index is 1.98. The van der Waals surface area contributed by atoms with Crippen LogP contribution in [0.3, 0.4) is 0 Å². The van der Waals surface area contributed by atoms with Crippen molar-refractivity contribution in [3.8, 4) is 0 Å². The molecule has 1 aliphatic carbocycles. The molecule has 0 heterocycles. The van der Waals surface area contributed by atoms with Crippen LogP contribution in [0.1, 0.15) is 56.8 Å². The lowest BCUT2D eigenvalue weighted by Gasteiger charge is -2.15. The zero-order valence-corrected chi connectivity index (χ0v) is 12.8. The van der Waals surface area contributed by atoms with Gasteiger partial charge in [0.2, 0.25) is 0 Å². The first-order valence-corrected chi connectivity index (χ1v) is 7.76. The maximum absolute atomic E-state index is 12.0. The summed E-state index contributed by atoms with van der Waals surface area (Å²) in [5, 5.41) is 6.50. The summed E-state index contributed by atoms with van der Waals surface area (Å²) in [6.45, 7) is 6.22. The maximum Gasteiger partial charge on any atom is 0.251 e. The largest absolute Gasteiger partial charge is 0.382 e. The van der Waals surface area contributed by atoms with Crippen LogP contribution in [-0.4, -0.2) is 18.0 Å². The SMILES string of the molecule is CCC1CCC(Nc2cccc(C(=O)NC(C)C)c2)C1. The van der Waals surface area contributed by atoms with Gasteiger partial charge in [-0.15, -0.1) is 0 Å². The van der Waals surface area contributed by atoms with Crippen molar-refractivity contribution in [3.05, 3.63) is 29.8 Å². The van der Waals surface area contributed by atoms with Crippen molar-refractivity contribution in [3.63, 3.8) is 0 Å². The number of benzene rings is 1. The first-order valence-electron chi connectivity index (χ1n) is 7.76. The number of hydrogen-bond acceptors (Lipinski definition) is 2. The van der Waals surface area contributed by atoms with Crippen LogP contribution in [0, 0.1) is 5.92 Å². The predicted molar refractivity (Wildman–Crippen MR) is 84.1 cm³/mol. The van der Waals surface area contributed by atoms with Crippen LogP contribution in [0.4, 0.5) is 5.69 Å². The number of nitrogens with one attached hydrogen (secondary N) is 2. The van der Waals surface area contributed by atoms with E-state index in [9.17, 15) is 4.79 Å². The van der Waals surface area contributed by atoms with Crippen molar-refractivity contribution in [2.24, 2.45) is 5.92 Å². The number of amides is 1. The van der Waals surface area contributed by atoms with Gasteiger partial charge in [0.1, 0.15) is 0 Å². The fourth-order valence-corrected chi connectivity index (χ4v) is 2.91. The smallest absolute Gasteiger partial charge is 0.251 e. The number of carbonyl (C=O) groups is 1. The molecular weight excluding hydrogens is 248 g/mol. The van der Waals surface area contributed by atoms with E-state index in [0.29, 0.717) is 6.04 Å². The summed E-state index contributed by atoms with van der Waals surface area (Å²) in [6.07, 6.45) is 5.08. The van der Waals surface area contributed by atoms with Gasteiger partial charge in [-0.25, -0.2) is 0 Å². The van der Waals surface area contributed by atoms with Crippen molar-refractivity contribution < 1.29 is 4.79 Å². The van der Waals surface area contributed by atoms with Crippen molar-refractivity contribution in [2.75, 3.05) is 5.32 Å². The van der Waals surface area contributed by atoms with Gasteiger partial charge in [-0.1, -0.05) is 19.4 Å². The Morgan fingerprint density at radius 2 is 2.15 bits per heavy atom. The molecule has 3 heteroatoms. The molecular formula is C17H26N2O. The van der Waals surface area contributed by atoms with Crippen LogP contribution in [0.25, 0.3) is 0 Å². The molecule has 0 spiro atoms. The van der Waals surface area contributed by atoms with Crippen LogP contribution >= 0.6 is 0 Å². The number of hydrogen-bond donors (Lipinski definition) is 2. The Morgan fingerprint density at radius 1 is 1.35 bits per heavy atom. The molecule has 3 nitrogen and oxygen atoms in total. The molecule has 2 atom stereocenters. The summed E-state index contributed by atoms with van der Waals surface area (Å²) in [5.74, 6) is 0.862. The summed E-state index contributed by atoms with van der Waals surface area (Å²) in [4.78, 5) is 12.0. The molecule has 110 valence electrons. The van der Waals surface area contributed by atoms with Crippen molar-refractivity contribution >= 4 is 11.6 Å². The zero-order chi connectivity index (χ0) is 14.5. The van der Waals surface area contributed by atoms with Crippen LogP contribution in [0.5, 0.6) is 0 Å². The lowest BCUT2D eigenvalue weighted by Crippen LogP contribution is -2.30. The Labute approximate surface area is 122 Å². The average Bonchev–Trinajstić information content (AvgIpc) is 2.86. The standard InChI is InChI=1S/C17H26N2O/c1-4-13-8-9-16(10-13)19-15-7-5-6-14(11-15)17(20)18-12(2)3/h5-7,11-13,16,19H,4,8-10H2,1-3H3,(H,18,20). The highest BCUT2D eigenvalue weighted by molar-refractivity contribution is 5.95. The highest BCUT2D eigenvalue weighted by Gasteiger charge is 2.23. The van der Waals surface area contributed by atoms with Gasteiger partial charge in [0, 0.05) is 23.3 Å². The second-order valence-corrected chi connectivity index (χ2v) is 6.14. The normalized spacial score (nSPS) is 22.0. The highest BCUT2D eigenvalue weighted by atomic mass is 16.1. The third kappa shape index (κ3) is 3.99. The van der Waals surface area contributed by atoms with E-state index in [0.717, 1.165) is 17.2 Å². The monoisotopic (exact) mass is 274 g/mol. The van der Waals surface area contributed by atoms with Gasteiger partial charge in [-0.05, 0) is 57.2 Å². The number of rotatable bonds is 5. The molecule has 1 aliphatic rings. The quantitative estimate of drug-likeness (QED) is 0.857. The van der Waals surface area contributed by atoms with Gasteiger partial charge in [-0.3, -0.25) is 4.79 Å². The molecule has 1 aromatic carbocycles. The molecule has 0 aliphatic heterocycles. The van der Waals surface area contributed by atoms with E-state index in [1.54, 1.807) is 0 Å². The maximum atomic E-state index is 12.0. The lowest BCUT2D eigenvalue weighted by atomic mass is 10.1. The van der Waals surface area contributed by atoms with E-state index in [-0.39, 0.29) is 11.9 Å². The Hall–Kier alpha value is -1.51. The van der Waals surface area contributed by atoms with Crippen LogP contribution in [-0.2, 0) is 0 Å². The van der Waals surface area contributed by atoms with E-state index in [4.69, 9.17) is 0 Å². The molecule has 1 amide bonds. The van der Waals surface area contributed by atoms with Gasteiger partial charge < -0.3 is 10.6 Å². The summed E-state index contributed by atoms with van der Waals surface area (Å²) in [6, 6.07) is 8.54. The van der Waals surface area contributed by atoms with Gasteiger partial charge in [-0.2, -0.15) is 0 Å². The molecule has 0 radical (unpaired) electrons. The number of carbonyl (C=O) groups excluding carboxylic acids is 1.